The molecular formula is C22H23ClN4O2S2. The molecule has 0 bridgehead atoms. The van der Waals surface area contributed by atoms with E-state index in [9.17, 15) is 9.59 Å². The number of nitrogens with one attached hydrogen (secondary N) is 1. The molecule has 1 aromatic carbocycles. The van der Waals surface area contributed by atoms with Gasteiger partial charge in [-0.3, -0.25) is 14.2 Å². The van der Waals surface area contributed by atoms with Crippen LogP contribution in [0.3, 0.4) is 0 Å². The van der Waals surface area contributed by atoms with E-state index in [0.717, 1.165) is 34.3 Å². The summed E-state index contributed by atoms with van der Waals surface area (Å²) in [5, 5.41) is 13.0. The van der Waals surface area contributed by atoms with Gasteiger partial charge in [-0.05, 0) is 37.1 Å². The Morgan fingerprint density at radius 2 is 1.97 bits per heavy atom. The van der Waals surface area contributed by atoms with Gasteiger partial charge < -0.3 is 5.32 Å². The molecule has 0 atom stereocenters. The van der Waals surface area contributed by atoms with Crippen LogP contribution < -0.4 is 5.32 Å². The molecule has 1 N–H and O–H groups in total. The van der Waals surface area contributed by atoms with Crippen molar-refractivity contribution in [2.45, 2.75) is 50.4 Å². The molecular weight excluding hydrogens is 452 g/mol. The van der Waals surface area contributed by atoms with Crippen LogP contribution in [-0.2, 0) is 11.3 Å². The maximum atomic E-state index is 12.8. The Balaban J connectivity index is 1.51. The minimum Gasteiger partial charge on any atom is -0.351 e. The summed E-state index contributed by atoms with van der Waals surface area (Å²) in [5.74, 6) is 1.01. The van der Waals surface area contributed by atoms with Gasteiger partial charge in [-0.2, -0.15) is 0 Å². The van der Waals surface area contributed by atoms with Crippen LogP contribution >= 0.6 is 34.7 Å². The summed E-state index contributed by atoms with van der Waals surface area (Å²) in [6.07, 6.45) is 4.52. The van der Waals surface area contributed by atoms with Gasteiger partial charge >= 0.3 is 0 Å². The fraction of sp³-hybridized carbons (Fsp3) is 0.364. The lowest BCUT2D eigenvalue weighted by atomic mass is 10.2. The minimum atomic E-state index is -0.0857. The van der Waals surface area contributed by atoms with Gasteiger partial charge in [0, 0.05) is 23.4 Å². The summed E-state index contributed by atoms with van der Waals surface area (Å²) in [6.45, 7) is 1.92. The zero-order valence-corrected chi connectivity index (χ0v) is 19.5. The topological polar surface area (TPSA) is 76.9 Å². The normalized spacial score (nSPS) is 14.1. The summed E-state index contributed by atoms with van der Waals surface area (Å²) in [7, 11) is 0. The number of thiophene rings is 1. The molecule has 6 nitrogen and oxygen atoms in total. The van der Waals surface area contributed by atoms with Crippen LogP contribution in [0.2, 0.25) is 5.02 Å². The second-order valence-corrected chi connectivity index (χ2v) is 10.00. The Hall–Kier alpha value is -2.16. The molecule has 1 fully saturated rings. The van der Waals surface area contributed by atoms with E-state index >= 15 is 0 Å². The van der Waals surface area contributed by atoms with E-state index in [2.05, 4.69) is 20.1 Å². The number of thioether (sulfide) groups is 1. The number of halogens is 1. The number of hydrogen-bond acceptors (Lipinski definition) is 6. The molecule has 0 unspecified atom stereocenters. The molecule has 3 aromatic rings. The predicted octanol–water partition coefficient (Wildman–Crippen LogP) is 5.39. The van der Waals surface area contributed by atoms with Gasteiger partial charge in [0.2, 0.25) is 5.91 Å². The first-order valence-electron chi connectivity index (χ1n) is 10.2. The lowest BCUT2D eigenvalue weighted by molar-refractivity contribution is -0.119. The number of benzene rings is 1. The van der Waals surface area contributed by atoms with Crippen LogP contribution in [-0.4, -0.2) is 32.2 Å². The maximum absolute atomic E-state index is 12.8. The van der Waals surface area contributed by atoms with Gasteiger partial charge in [-0.25, -0.2) is 0 Å². The third-order valence-electron chi connectivity index (χ3n) is 5.25. The number of rotatable bonds is 8. The summed E-state index contributed by atoms with van der Waals surface area (Å²) in [4.78, 5) is 25.5. The highest BCUT2D eigenvalue weighted by Gasteiger charge is 2.26. The Morgan fingerprint density at radius 1 is 1.19 bits per heavy atom. The summed E-state index contributed by atoms with van der Waals surface area (Å²) >= 11 is 9.27. The fourth-order valence-corrected chi connectivity index (χ4v) is 5.81. The highest BCUT2D eigenvalue weighted by Crippen LogP contribution is 2.38. The smallest absolute Gasteiger partial charge is 0.217 e. The second kappa shape index (κ2) is 9.97. The van der Waals surface area contributed by atoms with Crippen LogP contribution in [0.5, 0.6) is 0 Å². The lowest BCUT2D eigenvalue weighted by Crippen LogP contribution is -2.18. The number of nitrogens with zero attached hydrogens (tertiary/aromatic N) is 3. The number of aromatic nitrogens is 3. The third-order valence-corrected chi connectivity index (χ3v) is 7.65. The number of amides is 1. The highest BCUT2D eigenvalue weighted by atomic mass is 35.5. The van der Waals surface area contributed by atoms with Crippen molar-refractivity contribution in [2.75, 3.05) is 5.75 Å². The number of hydrogen-bond donors (Lipinski definition) is 1. The Bertz CT molecular complexity index is 1090. The van der Waals surface area contributed by atoms with Gasteiger partial charge in [0.05, 0.1) is 22.2 Å². The van der Waals surface area contributed by atoms with E-state index in [0.29, 0.717) is 22.5 Å². The van der Waals surface area contributed by atoms with Crippen LogP contribution in [0.1, 0.15) is 53.2 Å². The number of carbonyl (C=O) groups excluding carboxylic acids is 2. The van der Waals surface area contributed by atoms with E-state index in [1.165, 1.54) is 42.9 Å². The van der Waals surface area contributed by atoms with Crippen molar-refractivity contribution in [3.05, 3.63) is 51.2 Å². The Morgan fingerprint density at radius 3 is 2.71 bits per heavy atom. The number of carbonyl (C=O) groups is 2. The van der Waals surface area contributed by atoms with Crippen molar-refractivity contribution in [1.29, 1.82) is 0 Å². The van der Waals surface area contributed by atoms with E-state index in [1.807, 2.05) is 36.4 Å². The SMILES string of the molecule is CC(=O)NCc1ccc(C(=O)CSc2nnc(-c3ccccc3Cl)n2C2CCCC2)s1. The monoisotopic (exact) mass is 474 g/mol. The first-order valence-corrected chi connectivity index (χ1v) is 12.4. The molecule has 0 spiro atoms. The predicted molar refractivity (Wildman–Crippen MR) is 125 cm³/mol. The van der Waals surface area contributed by atoms with Crippen molar-refractivity contribution in [2.24, 2.45) is 0 Å². The molecule has 4 rings (SSSR count). The van der Waals surface area contributed by atoms with E-state index in [-0.39, 0.29) is 17.4 Å². The van der Waals surface area contributed by atoms with Crippen molar-refractivity contribution in [3.8, 4) is 11.4 Å². The molecule has 2 heterocycles. The van der Waals surface area contributed by atoms with E-state index in [4.69, 9.17) is 11.6 Å². The van der Waals surface area contributed by atoms with Crippen LogP contribution in [0.4, 0.5) is 0 Å². The summed E-state index contributed by atoms with van der Waals surface area (Å²) in [5.41, 5.74) is 0.864. The molecule has 1 saturated carbocycles. The van der Waals surface area contributed by atoms with Crippen molar-refractivity contribution < 1.29 is 9.59 Å². The molecule has 0 radical (unpaired) electrons. The minimum absolute atomic E-state index is 0.0457. The van der Waals surface area contributed by atoms with Crippen LogP contribution in [0, 0.1) is 0 Å². The average Bonchev–Trinajstić information content (AvgIpc) is 3.51. The molecule has 162 valence electrons. The number of ketones is 1. The third kappa shape index (κ3) is 5.19. The molecule has 9 heteroatoms. The quantitative estimate of drug-likeness (QED) is 0.350. The summed E-state index contributed by atoms with van der Waals surface area (Å²) < 4.78 is 2.17. The van der Waals surface area contributed by atoms with Crippen molar-refractivity contribution >= 4 is 46.4 Å². The standard InChI is InChI=1S/C22H23ClN4O2S2/c1-14(28)24-12-16-10-11-20(31-16)19(29)13-30-22-26-25-21(17-8-4-5-9-18(17)23)27(22)15-6-2-3-7-15/h4-5,8-11,15H,2-3,6-7,12-13H2,1H3,(H,24,28). The molecule has 1 aliphatic rings. The van der Waals surface area contributed by atoms with Gasteiger partial charge in [-0.15, -0.1) is 21.5 Å². The average molecular weight is 475 g/mol. The van der Waals surface area contributed by atoms with Gasteiger partial charge in [0.1, 0.15) is 0 Å². The fourth-order valence-electron chi connectivity index (χ4n) is 3.73. The lowest BCUT2D eigenvalue weighted by Gasteiger charge is -2.17. The maximum Gasteiger partial charge on any atom is 0.217 e. The molecule has 0 saturated heterocycles. The first kappa shape index (κ1) is 22.0. The first-order chi connectivity index (χ1) is 15.0. The van der Waals surface area contributed by atoms with Crippen molar-refractivity contribution in [3.63, 3.8) is 0 Å². The number of Topliss-reactive ketones (excluding diaryl/α,β-unsaturated/α-hetero) is 1. The largest absolute Gasteiger partial charge is 0.351 e. The molecule has 2 aromatic heterocycles. The van der Waals surface area contributed by atoms with Gasteiger partial charge in [0.15, 0.2) is 16.8 Å². The summed E-state index contributed by atoms with van der Waals surface area (Å²) in [6, 6.07) is 11.7. The van der Waals surface area contributed by atoms with E-state index < -0.39 is 0 Å². The Kier molecular flexibility index (Phi) is 7.09. The highest BCUT2D eigenvalue weighted by molar-refractivity contribution is 7.99. The van der Waals surface area contributed by atoms with E-state index in [1.54, 1.807) is 0 Å². The zero-order chi connectivity index (χ0) is 21.8. The molecule has 0 aliphatic heterocycles. The zero-order valence-electron chi connectivity index (χ0n) is 17.1. The van der Waals surface area contributed by atoms with Crippen LogP contribution in [0.15, 0.2) is 41.6 Å². The molecule has 1 aliphatic carbocycles. The van der Waals surface area contributed by atoms with Crippen LogP contribution in [0.25, 0.3) is 11.4 Å². The molecule has 31 heavy (non-hydrogen) atoms. The second-order valence-electron chi connectivity index (χ2n) is 7.48. The van der Waals surface area contributed by atoms with Gasteiger partial charge in [-0.1, -0.05) is 48.3 Å². The van der Waals surface area contributed by atoms with Gasteiger partial charge in [0.25, 0.3) is 0 Å². The van der Waals surface area contributed by atoms with Crippen molar-refractivity contribution in [1.82, 2.24) is 20.1 Å². The Labute approximate surface area is 194 Å². The molecule has 1 amide bonds.